The molecule has 1 aromatic carbocycles. The molecule has 1 aromatic heterocycles. The van der Waals surface area contributed by atoms with E-state index in [9.17, 15) is 5.11 Å². The third-order valence-corrected chi connectivity index (χ3v) is 8.05. The Bertz CT molecular complexity index is 1010. The van der Waals surface area contributed by atoms with Crippen molar-refractivity contribution >= 4 is 34.8 Å². The smallest absolute Gasteiger partial charge is 0.155 e. The van der Waals surface area contributed by atoms with Crippen LogP contribution in [-0.4, -0.2) is 46.4 Å². The van der Waals surface area contributed by atoms with Crippen LogP contribution in [0.2, 0.25) is 10.0 Å². The summed E-state index contributed by atoms with van der Waals surface area (Å²) in [5.41, 5.74) is 14.5. The Kier molecular flexibility index (Phi) is 5.97. The van der Waals surface area contributed by atoms with Crippen molar-refractivity contribution in [3.8, 4) is 11.3 Å². The first-order valence-corrected chi connectivity index (χ1v) is 12.0. The summed E-state index contributed by atoms with van der Waals surface area (Å²) in [6.45, 7) is 1.34. The van der Waals surface area contributed by atoms with Gasteiger partial charge in [-0.05, 0) is 50.0 Å². The molecule has 2 atom stereocenters. The normalized spacial score (nSPS) is 24.9. The highest BCUT2D eigenvalue weighted by Crippen LogP contribution is 2.48. The summed E-state index contributed by atoms with van der Waals surface area (Å²) in [6.07, 6.45) is 7.03. The Morgan fingerprint density at radius 2 is 1.91 bits per heavy atom. The lowest BCUT2D eigenvalue weighted by atomic mass is 9.74. The lowest BCUT2D eigenvalue weighted by Gasteiger charge is -2.42. The molecule has 9 heteroatoms. The number of nitrogen functional groups attached to an aromatic ring is 1. The van der Waals surface area contributed by atoms with Crippen molar-refractivity contribution in [2.75, 3.05) is 23.7 Å². The molecule has 1 aliphatic heterocycles. The number of hydrogen-bond donors (Lipinski definition) is 3. The van der Waals surface area contributed by atoms with Crippen molar-refractivity contribution in [1.82, 2.24) is 9.97 Å². The fourth-order valence-corrected chi connectivity index (χ4v) is 5.65. The number of piperidine rings is 1. The predicted octanol–water partition coefficient (Wildman–Crippen LogP) is 3.78. The number of anilines is 2. The van der Waals surface area contributed by atoms with E-state index in [0.29, 0.717) is 38.9 Å². The van der Waals surface area contributed by atoms with Crippen LogP contribution in [0.5, 0.6) is 0 Å². The van der Waals surface area contributed by atoms with Gasteiger partial charge in [-0.1, -0.05) is 35.3 Å². The van der Waals surface area contributed by atoms with E-state index in [2.05, 4.69) is 14.9 Å². The van der Waals surface area contributed by atoms with Gasteiger partial charge in [-0.15, -0.1) is 0 Å². The van der Waals surface area contributed by atoms with Crippen molar-refractivity contribution < 1.29 is 9.84 Å². The van der Waals surface area contributed by atoms with Crippen LogP contribution in [0, 0.1) is 5.41 Å². The topological polar surface area (TPSA) is 111 Å². The Balaban J connectivity index is 1.35. The summed E-state index contributed by atoms with van der Waals surface area (Å²) in [7, 11) is 0. The maximum atomic E-state index is 10.0. The lowest BCUT2D eigenvalue weighted by Crippen LogP contribution is -2.47. The molecular weight excluding hydrogens is 449 g/mol. The van der Waals surface area contributed by atoms with Gasteiger partial charge >= 0.3 is 0 Å². The van der Waals surface area contributed by atoms with Gasteiger partial charge < -0.3 is 26.2 Å². The van der Waals surface area contributed by atoms with Crippen molar-refractivity contribution in [3.05, 3.63) is 33.9 Å². The maximum Gasteiger partial charge on any atom is 0.155 e. The van der Waals surface area contributed by atoms with Gasteiger partial charge in [0.15, 0.2) is 11.6 Å². The summed E-state index contributed by atoms with van der Waals surface area (Å²) in [5, 5.41) is 10.8. The molecule has 2 aromatic rings. The van der Waals surface area contributed by atoms with E-state index in [-0.39, 0.29) is 30.0 Å². The Labute approximate surface area is 198 Å². The molecule has 5 N–H and O–H groups in total. The number of nitrogens with zero attached hydrogens (tertiary/aromatic N) is 3. The second kappa shape index (κ2) is 8.61. The van der Waals surface area contributed by atoms with Gasteiger partial charge in [0.05, 0.1) is 28.9 Å². The zero-order valence-electron chi connectivity index (χ0n) is 17.9. The largest absolute Gasteiger partial charge is 0.390 e. The zero-order valence-corrected chi connectivity index (χ0v) is 19.4. The molecule has 0 bridgehead atoms. The van der Waals surface area contributed by atoms with Crippen LogP contribution < -0.4 is 16.4 Å². The molecule has 172 valence electrons. The molecule has 0 unspecified atom stereocenters. The number of halogens is 2. The highest BCUT2D eigenvalue weighted by molar-refractivity contribution is 6.43. The fourth-order valence-electron chi connectivity index (χ4n) is 5.26. The van der Waals surface area contributed by atoms with Crippen LogP contribution >= 0.6 is 23.2 Å². The summed E-state index contributed by atoms with van der Waals surface area (Å²) >= 11 is 12.5. The highest BCUT2D eigenvalue weighted by atomic mass is 35.5. The van der Waals surface area contributed by atoms with Crippen LogP contribution in [0.25, 0.3) is 11.3 Å². The number of hydrogen-bond acceptors (Lipinski definition) is 7. The molecule has 0 amide bonds. The van der Waals surface area contributed by atoms with Crippen molar-refractivity contribution in [2.45, 2.75) is 63.4 Å². The van der Waals surface area contributed by atoms with Crippen LogP contribution in [0.4, 0.5) is 11.6 Å². The molecular formula is C23H29Cl2N5O2. The summed E-state index contributed by atoms with van der Waals surface area (Å²) in [5.74, 6) is 0.885. The number of aliphatic hydroxyl groups is 1. The minimum Gasteiger partial charge on any atom is -0.390 e. The second-order valence-corrected chi connectivity index (χ2v) is 10.1. The van der Waals surface area contributed by atoms with E-state index in [1.807, 2.05) is 0 Å². The van der Waals surface area contributed by atoms with Gasteiger partial charge in [0.2, 0.25) is 0 Å². The molecule has 32 heavy (non-hydrogen) atoms. The molecule has 0 radical (unpaired) electrons. The lowest BCUT2D eigenvalue weighted by molar-refractivity contribution is 0.0335. The predicted molar refractivity (Wildman–Crippen MR) is 127 cm³/mol. The van der Waals surface area contributed by atoms with E-state index in [1.54, 1.807) is 18.2 Å². The number of nitrogens with two attached hydrogens (primary N) is 2. The monoisotopic (exact) mass is 477 g/mol. The standard InChI is InChI=1S/C23H29Cl2N5O2/c24-16-3-1-2-15(19(16)25)20-21(27)29-22(17(12-31)28-20)30-8-6-23(7-9-30)11-14(10-18(23)26)32-13-4-5-13/h1-3,13-14,18,31H,4-12,26H2,(H2,27,29)/t14-,18+/m0/s1. The first kappa shape index (κ1) is 22.2. The average Bonchev–Trinajstić information content (AvgIpc) is 3.55. The molecule has 1 spiro atoms. The molecule has 2 heterocycles. The van der Waals surface area contributed by atoms with Crippen molar-refractivity contribution in [1.29, 1.82) is 0 Å². The number of rotatable bonds is 5. The number of ether oxygens (including phenoxy) is 1. The van der Waals surface area contributed by atoms with Crippen LogP contribution in [-0.2, 0) is 11.3 Å². The summed E-state index contributed by atoms with van der Waals surface area (Å²) < 4.78 is 6.17. The molecule has 3 aliphatic rings. The number of aliphatic hydroxyl groups excluding tert-OH is 1. The molecule has 2 saturated carbocycles. The van der Waals surface area contributed by atoms with Gasteiger partial charge in [0.1, 0.15) is 11.4 Å². The Hall–Kier alpha value is -1.64. The van der Waals surface area contributed by atoms with E-state index in [4.69, 9.17) is 39.4 Å². The fraction of sp³-hybridized carbons (Fsp3) is 0.565. The van der Waals surface area contributed by atoms with Crippen LogP contribution in [0.1, 0.15) is 44.2 Å². The summed E-state index contributed by atoms with van der Waals surface area (Å²) in [6, 6.07) is 5.44. The Morgan fingerprint density at radius 3 is 2.59 bits per heavy atom. The molecule has 5 rings (SSSR count). The molecule has 1 saturated heterocycles. The highest BCUT2D eigenvalue weighted by Gasteiger charge is 2.48. The van der Waals surface area contributed by atoms with E-state index >= 15 is 0 Å². The quantitative estimate of drug-likeness (QED) is 0.600. The van der Waals surface area contributed by atoms with E-state index in [1.165, 1.54) is 12.8 Å². The van der Waals surface area contributed by atoms with Gasteiger partial charge in [0.25, 0.3) is 0 Å². The second-order valence-electron chi connectivity index (χ2n) is 9.34. The summed E-state index contributed by atoms with van der Waals surface area (Å²) in [4.78, 5) is 11.4. The third-order valence-electron chi connectivity index (χ3n) is 7.24. The van der Waals surface area contributed by atoms with Gasteiger partial charge in [0, 0.05) is 24.7 Å². The average molecular weight is 478 g/mol. The minimum absolute atomic E-state index is 0.114. The van der Waals surface area contributed by atoms with Crippen LogP contribution in [0.15, 0.2) is 18.2 Å². The first-order valence-electron chi connectivity index (χ1n) is 11.3. The van der Waals surface area contributed by atoms with Gasteiger partial charge in [-0.25, -0.2) is 9.97 Å². The first-order chi connectivity index (χ1) is 15.4. The number of aromatic nitrogens is 2. The maximum absolute atomic E-state index is 10.0. The SMILES string of the molecule is Nc1nc(N2CCC3(CC2)C[C@@H](OC2CC2)C[C@H]3N)c(CO)nc1-c1cccc(Cl)c1Cl. The van der Waals surface area contributed by atoms with E-state index < -0.39 is 0 Å². The van der Waals surface area contributed by atoms with E-state index in [0.717, 1.165) is 38.8 Å². The molecule has 3 fully saturated rings. The molecule has 7 nitrogen and oxygen atoms in total. The number of benzene rings is 1. The third kappa shape index (κ3) is 4.05. The zero-order chi connectivity index (χ0) is 22.5. The van der Waals surface area contributed by atoms with Crippen LogP contribution in [0.3, 0.4) is 0 Å². The molecule has 2 aliphatic carbocycles. The minimum atomic E-state index is -0.244. The Morgan fingerprint density at radius 1 is 1.16 bits per heavy atom. The van der Waals surface area contributed by atoms with Crippen molar-refractivity contribution in [2.24, 2.45) is 11.1 Å². The van der Waals surface area contributed by atoms with Crippen molar-refractivity contribution in [3.63, 3.8) is 0 Å². The van der Waals surface area contributed by atoms with Gasteiger partial charge in [-0.3, -0.25) is 0 Å². The van der Waals surface area contributed by atoms with Gasteiger partial charge in [-0.2, -0.15) is 0 Å².